The van der Waals surface area contributed by atoms with Gasteiger partial charge in [0.25, 0.3) is 5.91 Å². The van der Waals surface area contributed by atoms with Crippen molar-refractivity contribution in [3.8, 4) is 0 Å². The Labute approximate surface area is 185 Å². The Morgan fingerprint density at radius 1 is 1.06 bits per heavy atom. The summed E-state index contributed by atoms with van der Waals surface area (Å²) in [7, 11) is 0. The second-order valence-corrected chi connectivity index (χ2v) is 9.46. The number of benzene rings is 2. The SMILES string of the molecule is CCc1ccc([C@]2(CCO)CC[C@@H](N(C(=O)c3ccc(C)cc3F)C3CC3)CC2)cc1. The molecule has 0 aliphatic heterocycles. The number of hydrogen-bond acceptors (Lipinski definition) is 2. The molecule has 0 saturated heterocycles. The molecule has 2 fully saturated rings. The molecule has 2 aliphatic rings. The third kappa shape index (κ3) is 4.55. The number of aliphatic hydroxyl groups is 1. The largest absolute Gasteiger partial charge is 0.396 e. The summed E-state index contributed by atoms with van der Waals surface area (Å²) in [6.07, 6.45) is 7.45. The van der Waals surface area contributed by atoms with Gasteiger partial charge in [0.2, 0.25) is 0 Å². The molecule has 0 aromatic heterocycles. The van der Waals surface area contributed by atoms with Gasteiger partial charge in [-0.1, -0.05) is 37.3 Å². The fourth-order valence-corrected chi connectivity index (χ4v) is 5.34. The van der Waals surface area contributed by atoms with Crippen LogP contribution in [0.2, 0.25) is 0 Å². The van der Waals surface area contributed by atoms with Gasteiger partial charge >= 0.3 is 0 Å². The van der Waals surface area contributed by atoms with E-state index in [9.17, 15) is 14.3 Å². The van der Waals surface area contributed by atoms with Crippen LogP contribution >= 0.6 is 0 Å². The topological polar surface area (TPSA) is 40.5 Å². The van der Waals surface area contributed by atoms with Gasteiger partial charge in [0.05, 0.1) is 5.56 Å². The zero-order chi connectivity index (χ0) is 22.0. The van der Waals surface area contributed by atoms with Crippen molar-refractivity contribution in [3.05, 3.63) is 70.5 Å². The highest BCUT2D eigenvalue weighted by molar-refractivity contribution is 5.95. The number of carbonyl (C=O) groups is 1. The number of amides is 1. The zero-order valence-electron chi connectivity index (χ0n) is 18.7. The van der Waals surface area contributed by atoms with E-state index in [-0.39, 0.29) is 35.6 Å². The molecule has 2 aromatic rings. The van der Waals surface area contributed by atoms with Crippen LogP contribution in [-0.4, -0.2) is 34.6 Å². The molecule has 0 spiro atoms. The third-order valence-corrected chi connectivity index (χ3v) is 7.40. The van der Waals surface area contributed by atoms with Gasteiger partial charge in [-0.15, -0.1) is 0 Å². The van der Waals surface area contributed by atoms with Gasteiger partial charge in [0, 0.05) is 18.7 Å². The van der Waals surface area contributed by atoms with E-state index in [1.807, 2.05) is 17.9 Å². The second kappa shape index (κ2) is 9.12. The van der Waals surface area contributed by atoms with E-state index >= 15 is 0 Å². The minimum atomic E-state index is -0.419. The smallest absolute Gasteiger partial charge is 0.257 e. The number of hydrogen-bond donors (Lipinski definition) is 1. The summed E-state index contributed by atoms with van der Waals surface area (Å²) in [5.74, 6) is -0.580. The van der Waals surface area contributed by atoms with E-state index in [1.54, 1.807) is 6.07 Å². The molecule has 0 heterocycles. The maximum absolute atomic E-state index is 14.5. The van der Waals surface area contributed by atoms with Crippen molar-refractivity contribution in [2.75, 3.05) is 6.61 Å². The van der Waals surface area contributed by atoms with Gasteiger partial charge < -0.3 is 10.0 Å². The van der Waals surface area contributed by atoms with E-state index in [0.717, 1.165) is 56.9 Å². The highest BCUT2D eigenvalue weighted by atomic mass is 19.1. The van der Waals surface area contributed by atoms with Gasteiger partial charge in [0.1, 0.15) is 5.82 Å². The zero-order valence-corrected chi connectivity index (χ0v) is 18.7. The Balaban J connectivity index is 1.53. The number of nitrogens with zero attached hydrogens (tertiary/aromatic N) is 1. The molecule has 166 valence electrons. The maximum atomic E-state index is 14.5. The summed E-state index contributed by atoms with van der Waals surface area (Å²) in [5, 5.41) is 9.80. The molecule has 0 unspecified atom stereocenters. The summed E-state index contributed by atoms with van der Waals surface area (Å²) in [5.41, 5.74) is 3.60. The van der Waals surface area contributed by atoms with E-state index in [4.69, 9.17) is 0 Å². The first kappa shape index (κ1) is 22.0. The van der Waals surface area contributed by atoms with Crippen molar-refractivity contribution >= 4 is 5.91 Å². The van der Waals surface area contributed by atoms with Crippen molar-refractivity contribution in [3.63, 3.8) is 0 Å². The number of carbonyl (C=O) groups excluding carboxylic acids is 1. The molecule has 2 aromatic carbocycles. The molecule has 1 amide bonds. The van der Waals surface area contributed by atoms with Gasteiger partial charge in [0.15, 0.2) is 0 Å². The summed E-state index contributed by atoms with van der Waals surface area (Å²) < 4.78 is 14.5. The Bertz CT molecular complexity index is 911. The van der Waals surface area contributed by atoms with E-state index in [2.05, 4.69) is 31.2 Å². The van der Waals surface area contributed by atoms with Crippen LogP contribution in [0, 0.1) is 12.7 Å². The maximum Gasteiger partial charge on any atom is 0.257 e. The molecule has 2 saturated carbocycles. The first-order valence-electron chi connectivity index (χ1n) is 11.8. The first-order chi connectivity index (χ1) is 15.0. The number of aryl methyl sites for hydroxylation is 2. The van der Waals surface area contributed by atoms with E-state index < -0.39 is 5.82 Å². The van der Waals surface area contributed by atoms with Crippen LogP contribution < -0.4 is 0 Å². The average Bonchev–Trinajstić information content (AvgIpc) is 3.60. The van der Waals surface area contributed by atoms with Crippen LogP contribution in [0.15, 0.2) is 42.5 Å². The molecule has 31 heavy (non-hydrogen) atoms. The van der Waals surface area contributed by atoms with E-state index in [0.29, 0.717) is 0 Å². The lowest BCUT2D eigenvalue weighted by Crippen LogP contribution is -2.47. The van der Waals surface area contributed by atoms with Gasteiger partial charge in [-0.3, -0.25) is 4.79 Å². The first-order valence-corrected chi connectivity index (χ1v) is 11.8. The van der Waals surface area contributed by atoms with Crippen LogP contribution in [0.25, 0.3) is 0 Å². The van der Waals surface area contributed by atoms with Crippen LogP contribution in [0.3, 0.4) is 0 Å². The van der Waals surface area contributed by atoms with Crippen LogP contribution in [-0.2, 0) is 11.8 Å². The van der Waals surface area contributed by atoms with Gasteiger partial charge in [-0.05, 0) is 92.5 Å². The lowest BCUT2D eigenvalue weighted by molar-refractivity contribution is 0.0547. The molecule has 4 rings (SSSR count). The van der Waals surface area contributed by atoms with Crippen LogP contribution in [0.1, 0.15) is 78.9 Å². The minimum absolute atomic E-state index is 0.0368. The molecule has 2 aliphatic carbocycles. The Morgan fingerprint density at radius 2 is 1.71 bits per heavy atom. The van der Waals surface area contributed by atoms with Crippen molar-refractivity contribution in [2.24, 2.45) is 0 Å². The lowest BCUT2D eigenvalue weighted by atomic mass is 9.66. The predicted octanol–water partition coefficient (Wildman–Crippen LogP) is 5.56. The van der Waals surface area contributed by atoms with Crippen molar-refractivity contribution in [1.29, 1.82) is 0 Å². The molecule has 3 nitrogen and oxygen atoms in total. The predicted molar refractivity (Wildman–Crippen MR) is 122 cm³/mol. The standard InChI is InChI=1S/C27H34FNO2/c1-3-20-5-7-21(8-6-20)27(16-17-30)14-12-23(13-15-27)29(22-9-10-22)26(31)24-11-4-19(2)18-25(24)28/h4-8,11,18,22-23,30H,3,9-10,12-17H2,1-2H3/t23-,27-. The van der Waals surface area contributed by atoms with Crippen molar-refractivity contribution < 1.29 is 14.3 Å². The molecule has 0 atom stereocenters. The summed E-state index contributed by atoms with van der Waals surface area (Å²) >= 11 is 0. The number of halogens is 1. The molecule has 4 heteroatoms. The molecular formula is C27H34FNO2. The van der Waals surface area contributed by atoms with Crippen LogP contribution in [0.4, 0.5) is 4.39 Å². The monoisotopic (exact) mass is 423 g/mol. The Morgan fingerprint density at radius 3 is 2.26 bits per heavy atom. The second-order valence-electron chi connectivity index (χ2n) is 9.46. The fraction of sp³-hybridized carbons (Fsp3) is 0.519. The van der Waals surface area contributed by atoms with Crippen LogP contribution in [0.5, 0.6) is 0 Å². The summed E-state index contributed by atoms with van der Waals surface area (Å²) in [4.78, 5) is 15.3. The average molecular weight is 424 g/mol. The van der Waals surface area contributed by atoms with Gasteiger partial charge in [-0.25, -0.2) is 4.39 Å². The highest BCUT2D eigenvalue weighted by Crippen LogP contribution is 2.45. The lowest BCUT2D eigenvalue weighted by Gasteiger charge is -2.44. The Kier molecular flexibility index (Phi) is 6.47. The molecule has 1 N–H and O–H groups in total. The molecule has 0 radical (unpaired) electrons. The normalized spacial score (nSPS) is 23.5. The van der Waals surface area contributed by atoms with Crippen molar-refractivity contribution in [1.82, 2.24) is 4.90 Å². The highest BCUT2D eigenvalue weighted by Gasteiger charge is 2.43. The third-order valence-electron chi connectivity index (χ3n) is 7.40. The minimum Gasteiger partial charge on any atom is -0.396 e. The quantitative estimate of drug-likeness (QED) is 0.633. The summed E-state index contributed by atoms with van der Waals surface area (Å²) in [6.45, 7) is 4.16. The Hall–Kier alpha value is -2.20. The van der Waals surface area contributed by atoms with E-state index in [1.165, 1.54) is 17.2 Å². The number of aliphatic hydroxyl groups excluding tert-OH is 1. The molecular weight excluding hydrogens is 389 g/mol. The number of rotatable bonds is 7. The van der Waals surface area contributed by atoms with Crippen molar-refractivity contribution in [2.45, 2.75) is 82.7 Å². The molecule has 0 bridgehead atoms. The fourth-order valence-electron chi connectivity index (χ4n) is 5.34. The summed E-state index contributed by atoms with van der Waals surface area (Å²) in [6, 6.07) is 14.1. The van der Waals surface area contributed by atoms with Gasteiger partial charge in [-0.2, -0.15) is 0 Å².